The topological polar surface area (TPSA) is 33.7 Å². The van der Waals surface area contributed by atoms with Gasteiger partial charge < -0.3 is 14.8 Å². The first-order chi connectivity index (χ1) is 8.22. The SMILES string of the molecule is CCCCNCC(C)N1CC(OC)C(OC)C1. The minimum atomic E-state index is 0.220. The van der Waals surface area contributed by atoms with Gasteiger partial charge in [-0.25, -0.2) is 0 Å². The first-order valence-electron chi connectivity index (χ1n) is 6.73. The van der Waals surface area contributed by atoms with Gasteiger partial charge in [0, 0.05) is 39.9 Å². The zero-order valence-electron chi connectivity index (χ0n) is 11.7. The minimum Gasteiger partial charge on any atom is -0.377 e. The highest BCUT2D eigenvalue weighted by molar-refractivity contribution is 4.88. The third-order valence-corrected chi connectivity index (χ3v) is 3.62. The molecule has 1 N–H and O–H groups in total. The van der Waals surface area contributed by atoms with E-state index in [1.807, 2.05) is 0 Å². The summed E-state index contributed by atoms with van der Waals surface area (Å²) in [5.41, 5.74) is 0. The molecule has 4 heteroatoms. The summed E-state index contributed by atoms with van der Waals surface area (Å²) in [7, 11) is 3.54. The normalized spacial score (nSPS) is 27.5. The van der Waals surface area contributed by atoms with Crippen molar-refractivity contribution in [2.45, 2.75) is 44.9 Å². The molecule has 0 bridgehead atoms. The molecule has 1 rings (SSSR count). The Morgan fingerprint density at radius 2 is 1.82 bits per heavy atom. The maximum Gasteiger partial charge on any atom is 0.0971 e. The van der Waals surface area contributed by atoms with E-state index in [4.69, 9.17) is 9.47 Å². The van der Waals surface area contributed by atoms with Crippen molar-refractivity contribution in [3.63, 3.8) is 0 Å². The first-order valence-corrected chi connectivity index (χ1v) is 6.73. The molecule has 3 unspecified atom stereocenters. The molecule has 0 spiro atoms. The quantitative estimate of drug-likeness (QED) is 0.649. The highest BCUT2D eigenvalue weighted by Gasteiger charge is 2.34. The summed E-state index contributed by atoms with van der Waals surface area (Å²) in [5.74, 6) is 0. The molecular formula is C13H28N2O2. The van der Waals surface area contributed by atoms with Crippen LogP contribution < -0.4 is 5.32 Å². The van der Waals surface area contributed by atoms with Crippen LogP contribution >= 0.6 is 0 Å². The van der Waals surface area contributed by atoms with Crippen molar-refractivity contribution >= 4 is 0 Å². The number of hydrogen-bond acceptors (Lipinski definition) is 4. The molecule has 1 saturated heterocycles. The maximum atomic E-state index is 5.45. The fraction of sp³-hybridized carbons (Fsp3) is 1.00. The van der Waals surface area contributed by atoms with Crippen molar-refractivity contribution in [3.8, 4) is 0 Å². The molecule has 1 fully saturated rings. The first kappa shape index (κ1) is 14.9. The van der Waals surface area contributed by atoms with E-state index in [9.17, 15) is 0 Å². The lowest BCUT2D eigenvalue weighted by Gasteiger charge is -2.24. The molecule has 102 valence electrons. The molecule has 17 heavy (non-hydrogen) atoms. The summed E-state index contributed by atoms with van der Waals surface area (Å²) in [6.07, 6.45) is 2.95. The molecule has 3 atom stereocenters. The Kier molecular flexibility index (Phi) is 7.04. The number of methoxy groups -OCH3 is 2. The summed E-state index contributed by atoms with van der Waals surface area (Å²) in [4.78, 5) is 2.45. The van der Waals surface area contributed by atoms with Crippen LogP contribution in [0.4, 0.5) is 0 Å². The Morgan fingerprint density at radius 1 is 1.24 bits per heavy atom. The highest BCUT2D eigenvalue weighted by Crippen LogP contribution is 2.17. The maximum absolute atomic E-state index is 5.45. The third-order valence-electron chi connectivity index (χ3n) is 3.62. The van der Waals surface area contributed by atoms with Gasteiger partial charge in [-0.3, -0.25) is 4.90 Å². The zero-order chi connectivity index (χ0) is 12.7. The molecular weight excluding hydrogens is 216 g/mol. The van der Waals surface area contributed by atoms with Gasteiger partial charge in [-0.15, -0.1) is 0 Å². The number of rotatable bonds is 8. The molecule has 1 aliphatic heterocycles. The molecule has 1 heterocycles. The van der Waals surface area contributed by atoms with Crippen LogP contribution in [0.25, 0.3) is 0 Å². The second-order valence-electron chi connectivity index (χ2n) is 4.91. The fourth-order valence-corrected chi connectivity index (χ4v) is 2.33. The molecule has 0 aromatic rings. The Bertz CT molecular complexity index is 190. The van der Waals surface area contributed by atoms with E-state index in [0.29, 0.717) is 6.04 Å². The standard InChI is InChI=1S/C13H28N2O2/c1-5-6-7-14-8-11(2)15-9-12(16-3)13(10-15)17-4/h11-14H,5-10H2,1-4H3. The largest absolute Gasteiger partial charge is 0.377 e. The van der Waals surface area contributed by atoms with Gasteiger partial charge in [0.2, 0.25) is 0 Å². The average molecular weight is 244 g/mol. The van der Waals surface area contributed by atoms with Crippen molar-refractivity contribution in [2.24, 2.45) is 0 Å². The predicted octanol–water partition coefficient (Wildman–Crippen LogP) is 1.11. The molecule has 0 aliphatic carbocycles. The molecule has 0 saturated carbocycles. The van der Waals surface area contributed by atoms with Crippen LogP contribution in [-0.4, -0.2) is 63.5 Å². The Balaban J connectivity index is 2.26. The number of unbranched alkanes of at least 4 members (excludes halogenated alkanes) is 1. The van der Waals surface area contributed by atoms with Crippen LogP contribution in [-0.2, 0) is 9.47 Å². The van der Waals surface area contributed by atoms with E-state index >= 15 is 0 Å². The average Bonchev–Trinajstić information content (AvgIpc) is 2.77. The summed E-state index contributed by atoms with van der Waals surface area (Å²) < 4.78 is 10.9. The number of ether oxygens (including phenoxy) is 2. The molecule has 4 nitrogen and oxygen atoms in total. The number of likely N-dealkylation sites (tertiary alicyclic amines) is 1. The van der Waals surface area contributed by atoms with Crippen molar-refractivity contribution in [1.29, 1.82) is 0 Å². The van der Waals surface area contributed by atoms with Gasteiger partial charge >= 0.3 is 0 Å². The van der Waals surface area contributed by atoms with Gasteiger partial charge in [-0.2, -0.15) is 0 Å². The highest BCUT2D eigenvalue weighted by atomic mass is 16.5. The van der Waals surface area contributed by atoms with Gasteiger partial charge in [0.1, 0.15) is 0 Å². The van der Waals surface area contributed by atoms with E-state index in [1.54, 1.807) is 14.2 Å². The van der Waals surface area contributed by atoms with E-state index in [-0.39, 0.29) is 12.2 Å². The van der Waals surface area contributed by atoms with E-state index in [0.717, 1.165) is 26.2 Å². The zero-order valence-corrected chi connectivity index (χ0v) is 11.7. The van der Waals surface area contributed by atoms with Crippen molar-refractivity contribution in [1.82, 2.24) is 10.2 Å². The van der Waals surface area contributed by atoms with Crippen LogP contribution in [0.15, 0.2) is 0 Å². The third kappa shape index (κ3) is 4.54. The Morgan fingerprint density at radius 3 is 2.29 bits per heavy atom. The Labute approximate surface area is 106 Å². The van der Waals surface area contributed by atoms with Crippen molar-refractivity contribution in [2.75, 3.05) is 40.4 Å². The molecule has 1 aliphatic rings. The molecule has 0 aromatic carbocycles. The summed E-state index contributed by atoms with van der Waals surface area (Å²) in [5, 5.41) is 3.51. The lowest BCUT2D eigenvalue weighted by Crippen LogP contribution is -2.40. The second kappa shape index (κ2) is 8.03. The monoisotopic (exact) mass is 244 g/mol. The van der Waals surface area contributed by atoms with Crippen molar-refractivity contribution < 1.29 is 9.47 Å². The second-order valence-corrected chi connectivity index (χ2v) is 4.91. The number of nitrogens with zero attached hydrogens (tertiary/aromatic N) is 1. The summed E-state index contributed by atoms with van der Waals surface area (Å²) in [6.45, 7) is 8.61. The molecule has 0 aromatic heterocycles. The molecule has 0 amide bonds. The van der Waals surface area contributed by atoms with Crippen LogP contribution in [0, 0.1) is 0 Å². The fourth-order valence-electron chi connectivity index (χ4n) is 2.33. The lowest BCUT2D eigenvalue weighted by molar-refractivity contribution is -0.00461. The van der Waals surface area contributed by atoms with Gasteiger partial charge in [-0.1, -0.05) is 13.3 Å². The van der Waals surface area contributed by atoms with Crippen LogP contribution in [0.1, 0.15) is 26.7 Å². The number of hydrogen-bond donors (Lipinski definition) is 1. The van der Waals surface area contributed by atoms with E-state index < -0.39 is 0 Å². The van der Waals surface area contributed by atoms with E-state index in [2.05, 4.69) is 24.1 Å². The van der Waals surface area contributed by atoms with Gasteiger partial charge in [0.05, 0.1) is 12.2 Å². The number of nitrogens with one attached hydrogen (secondary N) is 1. The van der Waals surface area contributed by atoms with Crippen molar-refractivity contribution in [3.05, 3.63) is 0 Å². The van der Waals surface area contributed by atoms with Gasteiger partial charge in [0.25, 0.3) is 0 Å². The smallest absolute Gasteiger partial charge is 0.0971 e. The van der Waals surface area contributed by atoms with Crippen LogP contribution in [0.2, 0.25) is 0 Å². The summed E-state index contributed by atoms with van der Waals surface area (Å²) in [6, 6.07) is 0.546. The predicted molar refractivity (Wildman–Crippen MR) is 70.4 cm³/mol. The van der Waals surface area contributed by atoms with Crippen LogP contribution in [0.3, 0.4) is 0 Å². The summed E-state index contributed by atoms with van der Waals surface area (Å²) >= 11 is 0. The lowest BCUT2D eigenvalue weighted by atomic mass is 10.3. The van der Waals surface area contributed by atoms with E-state index in [1.165, 1.54) is 12.8 Å². The van der Waals surface area contributed by atoms with Crippen LogP contribution in [0.5, 0.6) is 0 Å². The Hall–Kier alpha value is -0.160. The van der Waals surface area contributed by atoms with Gasteiger partial charge in [-0.05, 0) is 19.9 Å². The van der Waals surface area contributed by atoms with Gasteiger partial charge in [0.15, 0.2) is 0 Å². The molecule has 0 radical (unpaired) electrons. The minimum absolute atomic E-state index is 0.220.